The first kappa shape index (κ1) is 8.06. The Morgan fingerprint density at radius 2 is 1.46 bits per heavy atom. The molecular formula is C8H5NO4. The Morgan fingerprint density at radius 3 is 1.85 bits per heavy atom. The number of hydrogen-bond acceptors (Lipinski definition) is 4. The number of benzene rings is 1. The van der Waals surface area contributed by atoms with Gasteiger partial charge in [-0.1, -0.05) is 16.9 Å². The molecule has 1 heterocycles. The van der Waals surface area contributed by atoms with Gasteiger partial charge in [-0.15, -0.1) is 0 Å². The van der Waals surface area contributed by atoms with Crippen LogP contribution in [0.25, 0.3) is 0 Å². The van der Waals surface area contributed by atoms with E-state index in [0.717, 1.165) is 0 Å². The molecule has 1 aromatic carbocycles. The van der Waals surface area contributed by atoms with Crippen molar-refractivity contribution in [3.05, 3.63) is 40.6 Å². The molecule has 2 amide bonds. The van der Waals surface area contributed by atoms with E-state index in [0.29, 0.717) is 0 Å². The summed E-state index contributed by atoms with van der Waals surface area (Å²) in [6.07, 6.45) is 0. The molecule has 0 aliphatic carbocycles. The number of quaternary nitrogens is 1. The molecule has 1 N–H and O–H groups in total. The van der Waals surface area contributed by atoms with Crippen LogP contribution in [0, 0.1) is 5.21 Å². The minimum absolute atomic E-state index is 0.0231. The first-order chi connectivity index (χ1) is 6.05. The van der Waals surface area contributed by atoms with Crippen LogP contribution < -0.4 is 0 Å². The first-order valence-electron chi connectivity index (χ1n) is 3.57. The minimum Gasteiger partial charge on any atom is -0.583 e. The number of carbonyl (C=O) groups is 2. The molecule has 0 atom stereocenters. The van der Waals surface area contributed by atoms with Crippen molar-refractivity contribution in [2.24, 2.45) is 0 Å². The van der Waals surface area contributed by atoms with Gasteiger partial charge in [0.25, 0.3) is 0 Å². The van der Waals surface area contributed by atoms with Gasteiger partial charge in [0.15, 0.2) is 0 Å². The molecule has 5 heteroatoms. The Balaban J connectivity index is 2.71. The van der Waals surface area contributed by atoms with Crippen molar-refractivity contribution in [3.8, 4) is 0 Å². The maximum atomic E-state index is 11.1. The summed E-state index contributed by atoms with van der Waals surface area (Å²) in [4.78, 5) is 19.8. The van der Waals surface area contributed by atoms with E-state index in [9.17, 15) is 14.8 Å². The molecule has 1 aromatic rings. The number of rotatable bonds is 0. The predicted molar refractivity (Wildman–Crippen MR) is 40.5 cm³/mol. The zero-order valence-electron chi connectivity index (χ0n) is 6.43. The molecule has 5 nitrogen and oxygen atoms in total. The van der Waals surface area contributed by atoms with Crippen molar-refractivity contribution < 1.29 is 19.6 Å². The lowest BCUT2D eigenvalue weighted by molar-refractivity contribution is -0.922. The molecule has 13 heavy (non-hydrogen) atoms. The van der Waals surface area contributed by atoms with Gasteiger partial charge in [0, 0.05) is 0 Å². The van der Waals surface area contributed by atoms with E-state index in [-0.39, 0.29) is 11.1 Å². The smallest absolute Gasteiger partial charge is 0.387 e. The lowest BCUT2D eigenvalue weighted by Crippen LogP contribution is -2.43. The highest BCUT2D eigenvalue weighted by atomic mass is 16.9. The van der Waals surface area contributed by atoms with Crippen LogP contribution >= 0.6 is 0 Å². The number of carbonyl (C=O) groups excluding carboxylic acids is 2. The summed E-state index contributed by atoms with van der Waals surface area (Å²) in [7, 11) is 0. The molecule has 0 saturated carbocycles. The van der Waals surface area contributed by atoms with Crippen molar-refractivity contribution in [3.63, 3.8) is 0 Å². The number of amides is 2. The van der Waals surface area contributed by atoms with Crippen LogP contribution in [0.15, 0.2) is 24.3 Å². The summed E-state index contributed by atoms with van der Waals surface area (Å²) in [6.45, 7) is 0. The van der Waals surface area contributed by atoms with Gasteiger partial charge >= 0.3 is 11.8 Å². The monoisotopic (exact) mass is 179 g/mol. The van der Waals surface area contributed by atoms with E-state index < -0.39 is 16.6 Å². The Hall–Kier alpha value is -1.56. The Morgan fingerprint density at radius 1 is 1.08 bits per heavy atom. The van der Waals surface area contributed by atoms with E-state index in [2.05, 4.69) is 0 Å². The van der Waals surface area contributed by atoms with E-state index in [1.165, 1.54) is 24.3 Å². The zero-order valence-corrected chi connectivity index (χ0v) is 6.43. The fourth-order valence-corrected chi connectivity index (χ4v) is 1.27. The maximum Gasteiger partial charge on any atom is 0.387 e. The molecule has 66 valence electrons. The molecule has 0 bridgehead atoms. The van der Waals surface area contributed by atoms with Gasteiger partial charge < -0.3 is 5.21 Å². The van der Waals surface area contributed by atoms with Gasteiger partial charge in [0.05, 0.1) is 0 Å². The molecule has 0 aromatic heterocycles. The Kier molecular flexibility index (Phi) is 1.38. The van der Waals surface area contributed by atoms with Crippen LogP contribution in [0.5, 0.6) is 0 Å². The molecule has 0 fully saturated rings. The zero-order chi connectivity index (χ0) is 9.64. The third kappa shape index (κ3) is 0.858. The summed E-state index contributed by atoms with van der Waals surface area (Å²) in [5, 5.41) is 20.0. The highest BCUT2D eigenvalue weighted by molar-refractivity contribution is 6.13. The predicted octanol–water partition coefficient (Wildman–Crippen LogP) is 0.684. The van der Waals surface area contributed by atoms with Gasteiger partial charge in [0.2, 0.25) is 0 Å². The maximum absolute atomic E-state index is 11.1. The second-order valence-corrected chi connectivity index (χ2v) is 2.73. The highest BCUT2D eigenvalue weighted by Crippen LogP contribution is 2.26. The summed E-state index contributed by atoms with van der Waals surface area (Å²) in [6, 6.07) is 5.72. The van der Waals surface area contributed by atoms with Crippen molar-refractivity contribution >= 4 is 11.8 Å². The van der Waals surface area contributed by atoms with E-state index in [1.54, 1.807) is 0 Å². The van der Waals surface area contributed by atoms with Crippen molar-refractivity contribution in [2.75, 3.05) is 0 Å². The van der Waals surface area contributed by atoms with Gasteiger partial charge in [-0.25, -0.2) is 9.59 Å². The number of nitrogens with zero attached hydrogens (tertiary/aromatic N) is 1. The van der Waals surface area contributed by atoms with Gasteiger partial charge in [-0.05, 0) is 12.1 Å². The molecule has 0 unspecified atom stereocenters. The van der Waals surface area contributed by atoms with Crippen molar-refractivity contribution in [1.82, 2.24) is 0 Å². The van der Waals surface area contributed by atoms with Crippen LogP contribution in [0.2, 0.25) is 0 Å². The van der Waals surface area contributed by atoms with Gasteiger partial charge in [-0.3, -0.25) is 0 Å². The van der Waals surface area contributed by atoms with E-state index >= 15 is 0 Å². The van der Waals surface area contributed by atoms with Crippen LogP contribution in [0.1, 0.15) is 20.7 Å². The van der Waals surface area contributed by atoms with Crippen LogP contribution in [-0.2, 0) is 0 Å². The fraction of sp³-hybridized carbons (Fsp3) is 0. The molecule has 0 saturated heterocycles. The second kappa shape index (κ2) is 2.23. The molecule has 2 rings (SSSR count). The third-order valence-corrected chi connectivity index (χ3v) is 1.94. The molecular weight excluding hydrogens is 174 g/mol. The summed E-state index contributed by atoms with van der Waals surface area (Å²) >= 11 is 0. The molecule has 0 radical (unpaired) electrons. The van der Waals surface area contributed by atoms with Crippen LogP contribution in [0.4, 0.5) is 0 Å². The number of hydroxylamine groups is 4. The quantitative estimate of drug-likeness (QED) is 0.275. The minimum atomic E-state index is -2.45. The van der Waals surface area contributed by atoms with Gasteiger partial charge in [-0.2, -0.15) is 5.21 Å². The summed E-state index contributed by atoms with van der Waals surface area (Å²) < 4.78 is 0. The summed E-state index contributed by atoms with van der Waals surface area (Å²) in [5.74, 6) is -2.25. The molecule has 1 aliphatic heterocycles. The number of imide groups is 1. The second-order valence-electron chi connectivity index (χ2n) is 2.73. The largest absolute Gasteiger partial charge is 0.583 e. The van der Waals surface area contributed by atoms with Crippen LogP contribution in [-0.4, -0.2) is 21.8 Å². The normalized spacial score (nSPS) is 18.9. The number of fused-ring (bicyclic) bond motifs is 1. The Bertz CT molecular complexity index is 373. The van der Waals surface area contributed by atoms with Crippen molar-refractivity contribution in [1.29, 1.82) is 0 Å². The first-order valence-corrected chi connectivity index (χ1v) is 3.57. The average molecular weight is 179 g/mol. The SMILES string of the molecule is O=C1c2ccccc2C(=O)[N+]1([O-])O. The lowest BCUT2D eigenvalue weighted by Gasteiger charge is -2.20. The lowest BCUT2D eigenvalue weighted by atomic mass is 10.1. The van der Waals surface area contributed by atoms with E-state index in [1.807, 2.05) is 0 Å². The average Bonchev–Trinajstić information content (AvgIpc) is 2.30. The molecule has 1 aliphatic rings. The number of hydrogen-bond donors (Lipinski definition) is 1. The standard InChI is InChI=1S/C8H5NO4/c10-7-5-3-1-2-4-6(5)8(11)9(7,12)13/h1-4,12H. The van der Waals surface area contributed by atoms with E-state index in [4.69, 9.17) is 5.21 Å². The Labute approximate surface area is 72.9 Å². The van der Waals surface area contributed by atoms with Crippen LogP contribution in [0.3, 0.4) is 0 Å². The van der Waals surface area contributed by atoms with Crippen molar-refractivity contribution in [2.45, 2.75) is 0 Å². The third-order valence-electron chi connectivity index (χ3n) is 1.94. The topological polar surface area (TPSA) is 77.4 Å². The molecule has 0 spiro atoms. The highest BCUT2D eigenvalue weighted by Gasteiger charge is 2.47. The van der Waals surface area contributed by atoms with Gasteiger partial charge in [0.1, 0.15) is 11.1 Å². The summed E-state index contributed by atoms with van der Waals surface area (Å²) in [5.41, 5.74) is -0.0463. The fourth-order valence-electron chi connectivity index (χ4n) is 1.27.